The molecular weight excluding hydrogens is 311 g/mol. The fraction of sp³-hybridized carbons (Fsp3) is 0.417. The minimum absolute atomic E-state index is 0.0559. The van der Waals surface area contributed by atoms with Crippen LogP contribution in [0.3, 0.4) is 0 Å². The Balaban J connectivity index is 2.39. The maximum atomic E-state index is 11.8. The average Bonchev–Trinajstić information content (AvgIpc) is 2.37. The largest absolute Gasteiger partial charge is 0.490 e. The third-order valence-electron chi connectivity index (χ3n) is 2.41. The molecule has 0 fully saturated rings. The third-order valence-corrected chi connectivity index (χ3v) is 3.89. The molecule has 0 atom stereocenters. The number of halogens is 3. The van der Waals surface area contributed by atoms with Crippen LogP contribution in [0.1, 0.15) is 12.0 Å². The summed E-state index contributed by atoms with van der Waals surface area (Å²) in [5.41, 5.74) is 0.896. The zero-order valence-electron chi connectivity index (χ0n) is 11.1. The van der Waals surface area contributed by atoms with Gasteiger partial charge in [-0.25, -0.2) is 17.9 Å². The Labute approximate surface area is 120 Å². The molecule has 0 saturated heterocycles. The number of hydrogen-bond donors (Lipinski definition) is 1. The number of hydrogen-bond acceptors (Lipinski definition) is 4. The van der Waals surface area contributed by atoms with Crippen LogP contribution in [-0.4, -0.2) is 33.7 Å². The first kappa shape index (κ1) is 17.4. The lowest BCUT2D eigenvalue weighted by atomic mass is 10.2. The van der Waals surface area contributed by atoms with Crippen molar-refractivity contribution in [3.63, 3.8) is 0 Å². The highest BCUT2D eigenvalue weighted by molar-refractivity contribution is 7.89. The second kappa shape index (κ2) is 6.90. The maximum absolute atomic E-state index is 11.8. The first-order valence-electron chi connectivity index (χ1n) is 5.93. The van der Waals surface area contributed by atoms with Crippen LogP contribution < -0.4 is 4.72 Å². The molecule has 0 spiro atoms. The molecule has 1 aromatic rings. The van der Waals surface area contributed by atoms with E-state index in [9.17, 15) is 26.4 Å². The van der Waals surface area contributed by atoms with Gasteiger partial charge in [-0.1, -0.05) is 17.7 Å². The number of aryl methyl sites for hydroxylation is 1. The summed E-state index contributed by atoms with van der Waals surface area (Å²) in [7, 11) is -3.72. The van der Waals surface area contributed by atoms with E-state index in [4.69, 9.17) is 0 Å². The van der Waals surface area contributed by atoms with E-state index in [2.05, 4.69) is 9.46 Å². The predicted molar refractivity (Wildman–Crippen MR) is 68.0 cm³/mol. The highest BCUT2D eigenvalue weighted by atomic mass is 32.2. The molecule has 118 valence electrons. The van der Waals surface area contributed by atoms with Gasteiger partial charge in [0, 0.05) is 6.54 Å². The molecule has 0 bridgehead atoms. The highest BCUT2D eigenvalue weighted by Gasteiger charge is 2.40. The quantitative estimate of drug-likeness (QED) is 0.639. The predicted octanol–water partition coefficient (Wildman–Crippen LogP) is 1.77. The van der Waals surface area contributed by atoms with Gasteiger partial charge in [-0.05, 0) is 25.5 Å². The summed E-state index contributed by atoms with van der Waals surface area (Å²) >= 11 is 0. The summed E-state index contributed by atoms with van der Waals surface area (Å²) < 4.78 is 65.2. The van der Waals surface area contributed by atoms with Gasteiger partial charge in [-0.3, -0.25) is 0 Å². The van der Waals surface area contributed by atoms with Gasteiger partial charge in [0.2, 0.25) is 10.0 Å². The van der Waals surface area contributed by atoms with Crippen molar-refractivity contribution in [2.45, 2.75) is 24.4 Å². The van der Waals surface area contributed by atoms with Gasteiger partial charge < -0.3 is 4.74 Å². The van der Waals surface area contributed by atoms with Crippen molar-refractivity contribution in [2.75, 3.05) is 13.2 Å². The van der Waals surface area contributed by atoms with Gasteiger partial charge in [0.1, 0.15) is 0 Å². The van der Waals surface area contributed by atoms with E-state index >= 15 is 0 Å². The van der Waals surface area contributed by atoms with E-state index in [1.165, 1.54) is 12.1 Å². The van der Waals surface area contributed by atoms with Crippen LogP contribution in [0.4, 0.5) is 13.2 Å². The van der Waals surface area contributed by atoms with Crippen molar-refractivity contribution in [2.24, 2.45) is 0 Å². The molecule has 1 N–H and O–H groups in total. The molecule has 0 heterocycles. The molecule has 0 radical (unpaired) electrons. The molecule has 0 aliphatic rings. The average molecular weight is 325 g/mol. The summed E-state index contributed by atoms with van der Waals surface area (Å²) in [6.07, 6.45) is -5.10. The second-order valence-electron chi connectivity index (χ2n) is 4.20. The van der Waals surface area contributed by atoms with Crippen molar-refractivity contribution in [3.8, 4) is 0 Å². The Morgan fingerprint density at radius 1 is 1.24 bits per heavy atom. The van der Waals surface area contributed by atoms with E-state index in [0.717, 1.165) is 5.56 Å². The molecular formula is C12H14F3NO4S. The lowest BCUT2D eigenvalue weighted by molar-refractivity contribution is -0.199. The van der Waals surface area contributed by atoms with Crippen molar-refractivity contribution >= 4 is 16.0 Å². The Hall–Kier alpha value is -1.61. The Kier molecular flexibility index (Phi) is 5.73. The number of alkyl halides is 3. The molecule has 1 rings (SSSR count). The number of nitrogens with one attached hydrogen (secondary N) is 1. The normalized spacial score (nSPS) is 12.2. The molecule has 5 nitrogen and oxygen atoms in total. The van der Waals surface area contributed by atoms with Gasteiger partial charge in [0.15, 0.2) is 0 Å². The van der Waals surface area contributed by atoms with E-state index in [0.29, 0.717) is 0 Å². The fourth-order valence-electron chi connectivity index (χ4n) is 1.33. The Morgan fingerprint density at radius 2 is 1.81 bits per heavy atom. The number of carbonyl (C=O) groups is 1. The monoisotopic (exact) mass is 325 g/mol. The molecule has 0 saturated carbocycles. The molecule has 9 heteroatoms. The van der Waals surface area contributed by atoms with Crippen LogP contribution in [-0.2, 0) is 19.6 Å². The molecule has 0 aliphatic carbocycles. The molecule has 0 unspecified atom stereocenters. The van der Waals surface area contributed by atoms with Gasteiger partial charge in [-0.15, -0.1) is 0 Å². The minimum Gasteiger partial charge on any atom is -0.459 e. The van der Waals surface area contributed by atoms with Gasteiger partial charge >= 0.3 is 12.1 Å². The van der Waals surface area contributed by atoms with Crippen molar-refractivity contribution in [3.05, 3.63) is 29.8 Å². The molecule has 1 aromatic carbocycles. The smallest absolute Gasteiger partial charge is 0.459 e. The summed E-state index contributed by atoms with van der Waals surface area (Å²) in [5.74, 6) is -2.29. The molecule has 0 aliphatic heterocycles. The summed E-state index contributed by atoms with van der Waals surface area (Å²) in [5, 5.41) is 0. The van der Waals surface area contributed by atoms with Gasteiger partial charge in [0.25, 0.3) is 0 Å². The topological polar surface area (TPSA) is 72.5 Å². The number of carbonyl (C=O) groups excluding carboxylic acids is 1. The zero-order chi connectivity index (χ0) is 16.1. The fourth-order valence-corrected chi connectivity index (χ4v) is 2.40. The summed E-state index contributed by atoms with van der Waals surface area (Å²) in [6, 6.07) is 6.09. The lowest BCUT2D eigenvalue weighted by Gasteiger charge is -2.08. The van der Waals surface area contributed by atoms with Crippen molar-refractivity contribution < 1.29 is 31.1 Å². The highest BCUT2D eigenvalue weighted by Crippen LogP contribution is 2.16. The van der Waals surface area contributed by atoms with Crippen LogP contribution in [0.15, 0.2) is 29.2 Å². The van der Waals surface area contributed by atoms with E-state index in [1.54, 1.807) is 19.1 Å². The van der Waals surface area contributed by atoms with E-state index in [1.807, 2.05) is 0 Å². The van der Waals surface area contributed by atoms with E-state index < -0.39 is 28.8 Å². The Morgan fingerprint density at radius 3 is 2.33 bits per heavy atom. The first-order valence-corrected chi connectivity index (χ1v) is 7.41. The summed E-state index contributed by atoms with van der Waals surface area (Å²) in [6.45, 7) is 1.15. The van der Waals surface area contributed by atoms with Crippen LogP contribution >= 0.6 is 0 Å². The summed E-state index contributed by atoms with van der Waals surface area (Å²) in [4.78, 5) is 10.4. The number of benzene rings is 1. The van der Waals surface area contributed by atoms with Gasteiger partial charge in [0.05, 0.1) is 11.5 Å². The number of rotatable bonds is 6. The second-order valence-corrected chi connectivity index (χ2v) is 5.97. The molecule has 21 heavy (non-hydrogen) atoms. The maximum Gasteiger partial charge on any atom is 0.490 e. The molecule has 0 amide bonds. The van der Waals surface area contributed by atoms with Crippen LogP contribution in [0, 0.1) is 6.92 Å². The molecule has 0 aromatic heterocycles. The van der Waals surface area contributed by atoms with Crippen molar-refractivity contribution in [1.82, 2.24) is 4.72 Å². The number of esters is 1. The SMILES string of the molecule is Cc1ccc(S(=O)(=O)NCCCOC(=O)C(F)(F)F)cc1. The van der Waals surface area contributed by atoms with Gasteiger partial charge in [-0.2, -0.15) is 13.2 Å². The Bertz CT molecular complexity index is 582. The van der Waals surface area contributed by atoms with Crippen molar-refractivity contribution in [1.29, 1.82) is 0 Å². The number of sulfonamides is 1. The van der Waals surface area contributed by atoms with Crippen LogP contribution in [0.5, 0.6) is 0 Å². The lowest BCUT2D eigenvalue weighted by Crippen LogP contribution is -2.28. The van der Waals surface area contributed by atoms with E-state index in [-0.39, 0.29) is 17.9 Å². The van der Waals surface area contributed by atoms with Crippen LogP contribution in [0.25, 0.3) is 0 Å². The van der Waals surface area contributed by atoms with Crippen LogP contribution in [0.2, 0.25) is 0 Å². The zero-order valence-corrected chi connectivity index (χ0v) is 11.9. The standard InChI is InChI=1S/C12H14F3NO4S/c1-9-3-5-10(6-4-9)21(18,19)16-7-2-8-20-11(17)12(13,14)15/h3-6,16H,2,7-8H2,1H3. The third kappa shape index (κ3) is 5.72. The minimum atomic E-state index is -5.04. The first-order chi connectivity index (χ1) is 9.63. The number of ether oxygens (including phenoxy) is 1.